The lowest BCUT2D eigenvalue weighted by Gasteiger charge is -2.15. The molecule has 0 saturated heterocycles. The van der Waals surface area contributed by atoms with E-state index >= 15 is 0 Å². The average Bonchev–Trinajstić information content (AvgIpc) is 3.51. The molecule has 178 valence electrons. The topological polar surface area (TPSA) is 35.6 Å². The summed E-state index contributed by atoms with van der Waals surface area (Å²) in [7, 11) is 0. The summed E-state index contributed by atoms with van der Waals surface area (Å²) < 4.78 is 4.74. The Morgan fingerprint density at radius 2 is 0.868 bits per heavy atom. The Hall–Kier alpha value is -5.22. The number of benzene rings is 5. The van der Waals surface area contributed by atoms with Gasteiger partial charge in [-0.3, -0.25) is 0 Å². The predicted molar refractivity (Wildman–Crippen MR) is 156 cm³/mol. The van der Waals surface area contributed by atoms with Gasteiger partial charge in [0.25, 0.3) is 0 Å². The van der Waals surface area contributed by atoms with Crippen LogP contribution in [-0.2, 0) is 0 Å². The first-order chi connectivity index (χ1) is 18.9. The summed E-state index contributed by atoms with van der Waals surface area (Å²) in [5.41, 5.74) is 8.85. The van der Waals surface area contributed by atoms with Crippen LogP contribution in [-0.4, -0.2) is 19.1 Å². The second kappa shape index (κ2) is 8.15. The normalized spacial score (nSPS) is 11.7. The molecule has 0 atom stereocenters. The zero-order valence-electron chi connectivity index (χ0n) is 20.5. The molecule has 0 fully saturated rings. The minimum atomic E-state index is 0.893. The van der Waals surface area contributed by atoms with Crippen LogP contribution in [0, 0.1) is 0 Å². The first-order valence-electron chi connectivity index (χ1n) is 12.8. The number of para-hydroxylation sites is 4. The molecule has 8 rings (SSSR count). The third-order valence-electron chi connectivity index (χ3n) is 7.46. The number of fused-ring (bicyclic) bond motifs is 6. The van der Waals surface area contributed by atoms with Gasteiger partial charge < -0.3 is 9.13 Å². The molecule has 0 radical (unpaired) electrons. The van der Waals surface area contributed by atoms with Crippen molar-refractivity contribution in [2.45, 2.75) is 0 Å². The van der Waals surface area contributed by atoms with Gasteiger partial charge in [-0.05, 0) is 48.5 Å². The Balaban J connectivity index is 1.51. The Morgan fingerprint density at radius 3 is 1.26 bits per heavy atom. The van der Waals surface area contributed by atoms with Gasteiger partial charge in [-0.15, -0.1) is 0 Å². The first-order valence-corrected chi connectivity index (χ1v) is 12.8. The Labute approximate surface area is 219 Å². The molecular weight excluding hydrogens is 464 g/mol. The standard InChI is InChI=1S/C34H22N4/c1-5-13-31-26(9-1)27-10-2-6-14-32(27)37(31)24-19-23(30-17-18-35-22-36-30)20-25(21-24)38-33-15-7-3-11-28(33)29-12-4-8-16-34(29)38/h1-22H. The molecule has 0 aliphatic carbocycles. The van der Waals surface area contributed by atoms with Crippen molar-refractivity contribution in [1.29, 1.82) is 0 Å². The lowest BCUT2D eigenvalue weighted by Crippen LogP contribution is -2.00. The van der Waals surface area contributed by atoms with Crippen LogP contribution in [0.5, 0.6) is 0 Å². The lowest BCUT2D eigenvalue weighted by molar-refractivity contribution is 1.12. The quantitative estimate of drug-likeness (QED) is 0.252. The first kappa shape index (κ1) is 20.9. The molecule has 0 bridgehead atoms. The fourth-order valence-electron chi connectivity index (χ4n) is 5.86. The smallest absolute Gasteiger partial charge is 0.116 e. The van der Waals surface area contributed by atoms with E-state index in [9.17, 15) is 0 Å². The Bertz CT molecular complexity index is 1900. The van der Waals surface area contributed by atoms with Gasteiger partial charge in [0.05, 0.1) is 27.8 Å². The van der Waals surface area contributed by atoms with E-state index in [2.05, 4.69) is 134 Å². The van der Waals surface area contributed by atoms with E-state index in [1.54, 1.807) is 12.5 Å². The number of nitrogens with zero attached hydrogens (tertiary/aromatic N) is 4. The zero-order chi connectivity index (χ0) is 25.1. The van der Waals surface area contributed by atoms with Crippen molar-refractivity contribution < 1.29 is 0 Å². The van der Waals surface area contributed by atoms with Gasteiger partial charge in [0.15, 0.2) is 0 Å². The molecule has 0 aliphatic rings. The highest BCUT2D eigenvalue weighted by Gasteiger charge is 2.17. The third kappa shape index (κ3) is 3.04. The van der Waals surface area contributed by atoms with Crippen LogP contribution in [0.25, 0.3) is 66.2 Å². The van der Waals surface area contributed by atoms with Gasteiger partial charge in [0.1, 0.15) is 6.33 Å². The van der Waals surface area contributed by atoms with Gasteiger partial charge in [-0.1, -0.05) is 72.8 Å². The Kier molecular flexibility index (Phi) is 4.49. The molecule has 0 saturated carbocycles. The molecule has 0 amide bonds. The van der Waals surface area contributed by atoms with Crippen LogP contribution in [0.1, 0.15) is 0 Å². The molecule has 3 aromatic heterocycles. The van der Waals surface area contributed by atoms with Crippen molar-refractivity contribution in [2.24, 2.45) is 0 Å². The minimum Gasteiger partial charge on any atom is -0.309 e. The molecule has 8 aromatic rings. The zero-order valence-corrected chi connectivity index (χ0v) is 20.5. The maximum Gasteiger partial charge on any atom is 0.116 e. The molecule has 0 spiro atoms. The fourth-order valence-corrected chi connectivity index (χ4v) is 5.86. The van der Waals surface area contributed by atoms with E-state index in [4.69, 9.17) is 0 Å². The van der Waals surface area contributed by atoms with Crippen molar-refractivity contribution in [3.63, 3.8) is 0 Å². The summed E-state index contributed by atoms with van der Waals surface area (Å²) in [4.78, 5) is 8.77. The van der Waals surface area contributed by atoms with Crippen LogP contribution in [0.3, 0.4) is 0 Å². The highest BCUT2D eigenvalue weighted by molar-refractivity contribution is 6.10. The summed E-state index contributed by atoms with van der Waals surface area (Å²) in [6.45, 7) is 0. The molecule has 3 heterocycles. The largest absolute Gasteiger partial charge is 0.309 e. The highest BCUT2D eigenvalue weighted by Crippen LogP contribution is 2.37. The van der Waals surface area contributed by atoms with Crippen molar-refractivity contribution in [1.82, 2.24) is 19.1 Å². The fraction of sp³-hybridized carbons (Fsp3) is 0. The minimum absolute atomic E-state index is 0.893. The highest BCUT2D eigenvalue weighted by atomic mass is 15.0. The summed E-state index contributed by atoms with van der Waals surface area (Å²) in [6.07, 6.45) is 3.41. The summed E-state index contributed by atoms with van der Waals surface area (Å²) >= 11 is 0. The van der Waals surface area contributed by atoms with Gasteiger partial charge >= 0.3 is 0 Å². The van der Waals surface area contributed by atoms with Gasteiger partial charge in [-0.25, -0.2) is 9.97 Å². The monoisotopic (exact) mass is 486 g/mol. The van der Waals surface area contributed by atoms with E-state index in [1.165, 1.54) is 43.6 Å². The van der Waals surface area contributed by atoms with Crippen molar-refractivity contribution >= 4 is 43.6 Å². The second-order valence-electron chi connectivity index (χ2n) is 9.57. The van der Waals surface area contributed by atoms with Crippen molar-refractivity contribution in [3.8, 4) is 22.6 Å². The molecule has 4 nitrogen and oxygen atoms in total. The van der Waals surface area contributed by atoms with Crippen molar-refractivity contribution in [3.05, 3.63) is 134 Å². The Morgan fingerprint density at radius 1 is 0.447 bits per heavy atom. The molecular formula is C34H22N4. The van der Waals surface area contributed by atoms with E-state index in [1.807, 2.05) is 6.07 Å². The number of aromatic nitrogens is 4. The van der Waals surface area contributed by atoms with Crippen LogP contribution < -0.4 is 0 Å². The van der Waals surface area contributed by atoms with E-state index in [0.717, 1.165) is 22.6 Å². The maximum atomic E-state index is 4.61. The van der Waals surface area contributed by atoms with Crippen LogP contribution >= 0.6 is 0 Å². The van der Waals surface area contributed by atoms with Crippen molar-refractivity contribution in [2.75, 3.05) is 0 Å². The molecule has 38 heavy (non-hydrogen) atoms. The lowest BCUT2D eigenvalue weighted by atomic mass is 10.1. The van der Waals surface area contributed by atoms with E-state index < -0.39 is 0 Å². The number of hydrogen-bond donors (Lipinski definition) is 0. The number of rotatable bonds is 3. The molecule has 0 aliphatic heterocycles. The van der Waals surface area contributed by atoms with E-state index in [0.29, 0.717) is 0 Å². The molecule has 5 aromatic carbocycles. The average molecular weight is 487 g/mol. The van der Waals surface area contributed by atoms with E-state index in [-0.39, 0.29) is 0 Å². The van der Waals surface area contributed by atoms with Gasteiger partial charge in [0.2, 0.25) is 0 Å². The SMILES string of the molecule is c1ccc2c(c1)c1ccccc1n2-c1cc(-c2ccncn2)cc(-n2c3ccccc3c3ccccc32)c1. The summed E-state index contributed by atoms with van der Waals surface area (Å²) in [6, 6.07) is 43.2. The molecule has 0 unspecified atom stereocenters. The molecule has 0 N–H and O–H groups in total. The predicted octanol–water partition coefficient (Wildman–Crippen LogP) is 8.34. The number of hydrogen-bond acceptors (Lipinski definition) is 2. The maximum absolute atomic E-state index is 4.61. The van der Waals surface area contributed by atoms with Crippen LogP contribution in [0.15, 0.2) is 134 Å². The van der Waals surface area contributed by atoms with Crippen LogP contribution in [0.4, 0.5) is 0 Å². The third-order valence-corrected chi connectivity index (χ3v) is 7.46. The summed E-state index contributed by atoms with van der Waals surface area (Å²) in [5.74, 6) is 0. The molecule has 4 heteroatoms. The van der Waals surface area contributed by atoms with Gasteiger partial charge in [0, 0.05) is 44.7 Å². The second-order valence-corrected chi connectivity index (χ2v) is 9.57. The summed E-state index contributed by atoms with van der Waals surface area (Å²) in [5, 5.41) is 4.98. The van der Waals surface area contributed by atoms with Crippen LogP contribution in [0.2, 0.25) is 0 Å². The van der Waals surface area contributed by atoms with Gasteiger partial charge in [-0.2, -0.15) is 0 Å².